The van der Waals surface area contributed by atoms with Gasteiger partial charge in [-0.1, -0.05) is 10.4 Å². The molecule has 0 unspecified atom stereocenters. The standard InChI is InChI=1S/C15H15N13O7/c1-5(29)32-3-7-11(9-13(16)23-34-21-9)27(25-18-7)15(20-31)28-12(10-14(17)24-35-22-10)8(19-26-28)4-33-6(2)30/h31H,3-4H2,1-2H3,(H2,16,23)(H2,17,24). The lowest BCUT2D eigenvalue weighted by Crippen LogP contribution is -2.26. The quantitative estimate of drug-likeness (QED) is 0.0903. The van der Waals surface area contributed by atoms with E-state index in [9.17, 15) is 14.8 Å². The van der Waals surface area contributed by atoms with Gasteiger partial charge in [-0.05, 0) is 25.8 Å². The molecule has 5 N–H and O–H groups in total. The summed E-state index contributed by atoms with van der Waals surface area (Å²) in [6.07, 6.45) is 0. The molecule has 20 heteroatoms. The van der Waals surface area contributed by atoms with Crippen LogP contribution in [0.1, 0.15) is 25.2 Å². The number of oxime groups is 1. The molecule has 4 aromatic heterocycles. The Morgan fingerprint density at radius 2 is 1.29 bits per heavy atom. The summed E-state index contributed by atoms with van der Waals surface area (Å²) in [5.74, 6) is -2.00. The van der Waals surface area contributed by atoms with E-state index in [0.29, 0.717) is 0 Å². The lowest BCUT2D eigenvalue weighted by Gasteiger charge is -2.10. The van der Waals surface area contributed by atoms with Crippen LogP contribution in [-0.4, -0.2) is 73.7 Å². The first-order chi connectivity index (χ1) is 16.8. The molecule has 0 saturated carbocycles. The molecule has 0 spiro atoms. The summed E-state index contributed by atoms with van der Waals surface area (Å²) in [4.78, 5) is 22.6. The summed E-state index contributed by atoms with van der Waals surface area (Å²) in [6.45, 7) is 1.69. The SMILES string of the molecule is CC(=O)OCc1nnn(C(=NO)n2nnc(COC(C)=O)c2-c2nonc2N)c1-c1nonc1N. The van der Waals surface area contributed by atoms with Gasteiger partial charge in [-0.25, -0.2) is 9.26 Å². The van der Waals surface area contributed by atoms with E-state index >= 15 is 0 Å². The Labute approximate surface area is 192 Å². The van der Waals surface area contributed by atoms with E-state index in [2.05, 4.69) is 55.7 Å². The minimum atomic E-state index is -0.601. The third-order valence-electron chi connectivity index (χ3n) is 4.25. The van der Waals surface area contributed by atoms with E-state index in [0.717, 1.165) is 9.36 Å². The van der Waals surface area contributed by atoms with Crippen molar-refractivity contribution in [1.82, 2.24) is 50.6 Å². The second-order valence-corrected chi connectivity index (χ2v) is 6.55. The van der Waals surface area contributed by atoms with Gasteiger partial charge in [0, 0.05) is 13.8 Å². The van der Waals surface area contributed by atoms with Crippen LogP contribution in [0.3, 0.4) is 0 Å². The number of ether oxygens (including phenoxy) is 2. The first-order valence-corrected chi connectivity index (χ1v) is 9.37. The van der Waals surface area contributed by atoms with Crippen molar-refractivity contribution >= 4 is 29.5 Å². The van der Waals surface area contributed by atoms with Gasteiger partial charge in [0.1, 0.15) is 36.0 Å². The Morgan fingerprint density at radius 3 is 1.60 bits per heavy atom. The van der Waals surface area contributed by atoms with Crippen molar-refractivity contribution in [2.75, 3.05) is 11.5 Å². The first kappa shape index (κ1) is 22.8. The molecule has 0 aliphatic carbocycles. The second kappa shape index (κ2) is 9.21. The van der Waals surface area contributed by atoms with Crippen molar-refractivity contribution in [2.45, 2.75) is 27.1 Å². The van der Waals surface area contributed by atoms with Crippen molar-refractivity contribution in [3.05, 3.63) is 11.4 Å². The average molecular weight is 489 g/mol. The predicted molar refractivity (Wildman–Crippen MR) is 106 cm³/mol. The Balaban J connectivity index is 1.89. The smallest absolute Gasteiger partial charge is 0.303 e. The molecular formula is C15H15N13O7. The van der Waals surface area contributed by atoms with Crippen molar-refractivity contribution in [3.63, 3.8) is 0 Å². The maximum Gasteiger partial charge on any atom is 0.303 e. The number of anilines is 2. The summed E-state index contributed by atoms with van der Waals surface area (Å²) in [5.41, 5.74) is 11.6. The molecule has 4 aromatic rings. The van der Waals surface area contributed by atoms with Gasteiger partial charge in [0.05, 0.1) is 0 Å². The van der Waals surface area contributed by atoms with E-state index < -0.39 is 17.9 Å². The Bertz CT molecular complexity index is 1310. The van der Waals surface area contributed by atoms with Gasteiger partial charge >= 0.3 is 11.9 Å². The average Bonchev–Trinajstić information content (AvgIpc) is 3.59. The highest BCUT2D eigenvalue weighted by molar-refractivity contribution is 5.91. The van der Waals surface area contributed by atoms with Gasteiger partial charge in [-0.2, -0.15) is 9.36 Å². The van der Waals surface area contributed by atoms with Gasteiger partial charge in [0.15, 0.2) is 23.0 Å². The molecule has 0 aromatic carbocycles. The maximum absolute atomic E-state index is 11.3. The fraction of sp³-hybridized carbons (Fsp3) is 0.267. The number of aromatic nitrogens is 10. The molecule has 4 heterocycles. The van der Waals surface area contributed by atoms with Crippen LogP contribution in [0.25, 0.3) is 22.8 Å². The van der Waals surface area contributed by atoms with Gasteiger partial charge in [0.25, 0.3) is 5.96 Å². The number of carbonyl (C=O) groups excluding carboxylic acids is 2. The van der Waals surface area contributed by atoms with Crippen LogP contribution in [0.5, 0.6) is 0 Å². The lowest BCUT2D eigenvalue weighted by molar-refractivity contribution is -0.143. The number of carbonyl (C=O) groups is 2. The summed E-state index contributed by atoms with van der Waals surface area (Å²) in [5, 5.41) is 43.3. The van der Waals surface area contributed by atoms with Crippen LogP contribution in [0.2, 0.25) is 0 Å². The van der Waals surface area contributed by atoms with Crippen LogP contribution in [0.4, 0.5) is 11.6 Å². The van der Waals surface area contributed by atoms with Crippen molar-refractivity contribution in [2.24, 2.45) is 5.16 Å². The van der Waals surface area contributed by atoms with Crippen LogP contribution < -0.4 is 11.5 Å². The van der Waals surface area contributed by atoms with Crippen LogP contribution >= 0.6 is 0 Å². The number of hydrogen-bond acceptors (Lipinski definition) is 18. The molecule has 0 aliphatic heterocycles. The van der Waals surface area contributed by atoms with Crippen molar-refractivity contribution in [1.29, 1.82) is 0 Å². The molecule has 0 fully saturated rings. The molecule has 0 amide bonds. The molecule has 0 aliphatic rings. The molecule has 182 valence electrons. The first-order valence-electron chi connectivity index (χ1n) is 9.37. The highest BCUT2D eigenvalue weighted by Crippen LogP contribution is 2.28. The van der Waals surface area contributed by atoms with Gasteiger partial charge < -0.3 is 26.1 Å². The topological polar surface area (TPSA) is 276 Å². The Kier molecular flexibility index (Phi) is 5.98. The van der Waals surface area contributed by atoms with Crippen LogP contribution in [-0.2, 0) is 32.3 Å². The van der Waals surface area contributed by atoms with Gasteiger partial charge in [0.2, 0.25) is 0 Å². The largest absolute Gasteiger partial charge is 0.459 e. The number of esters is 2. The zero-order valence-electron chi connectivity index (χ0n) is 17.9. The summed E-state index contributed by atoms with van der Waals surface area (Å²) < 4.78 is 21.1. The number of nitrogen functional groups attached to an aromatic ring is 2. The maximum atomic E-state index is 11.3. The van der Waals surface area contributed by atoms with Crippen LogP contribution in [0, 0.1) is 0 Å². The van der Waals surface area contributed by atoms with Crippen molar-refractivity contribution < 1.29 is 33.5 Å². The zero-order valence-corrected chi connectivity index (χ0v) is 17.9. The van der Waals surface area contributed by atoms with E-state index in [1.165, 1.54) is 13.8 Å². The normalized spacial score (nSPS) is 10.8. The van der Waals surface area contributed by atoms with Crippen molar-refractivity contribution in [3.8, 4) is 22.8 Å². The summed E-state index contributed by atoms with van der Waals surface area (Å²) in [6, 6.07) is 0. The van der Waals surface area contributed by atoms with E-state index in [-0.39, 0.29) is 59.0 Å². The van der Waals surface area contributed by atoms with Gasteiger partial charge in [-0.15, -0.1) is 10.2 Å². The Hall–Kier alpha value is -5.43. The molecule has 4 rings (SSSR count). The highest BCUT2D eigenvalue weighted by atomic mass is 16.6. The molecular weight excluding hydrogens is 474 g/mol. The number of nitrogens with two attached hydrogens (primary N) is 2. The van der Waals surface area contributed by atoms with Gasteiger partial charge in [-0.3, -0.25) is 9.59 Å². The summed E-state index contributed by atoms with van der Waals surface area (Å²) >= 11 is 0. The molecule has 0 radical (unpaired) electrons. The zero-order chi connectivity index (χ0) is 25.1. The highest BCUT2D eigenvalue weighted by Gasteiger charge is 2.31. The Morgan fingerprint density at radius 1 is 0.857 bits per heavy atom. The van der Waals surface area contributed by atoms with E-state index in [4.69, 9.17) is 20.9 Å². The second-order valence-electron chi connectivity index (χ2n) is 6.55. The molecule has 0 bridgehead atoms. The molecule has 35 heavy (non-hydrogen) atoms. The molecule has 20 nitrogen and oxygen atoms in total. The fourth-order valence-electron chi connectivity index (χ4n) is 2.81. The number of rotatable bonds is 6. The van der Waals surface area contributed by atoms with Crippen LogP contribution in [0.15, 0.2) is 14.4 Å². The minimum absolute atomic E-state index is 0.0213. The molecule has 0 saturated heterocycles. The lowest BCUT2D eigenvalue weighted by atomic mass is 10.2. The number of nitrogens with zero attached hydrogens (tertiary/aromatic N) is 11. The van der Waals surface area contributed by atoms with E-state index in [1.54, 1.807) is 0 Å². The van der Waals surface area contributed by atoms with E-state index in [1.807, 2.05) is 0 Å². The minimum Gasteiger partial charge on any atom is -0.459 e. The monoisotopic (exact) mass is 489 g/mol. The fourth-order valence-corrected chi connectivity index (χ4v) is 2.81. The third-order valence-corrected chi connectivity index (χ3v) is 4.25. The third kappa shape index (κ3) is 4.29. The number of hydrogen-bond donors (Lipinski definition) is 3. The summed E-state index contributed by atoms with van der Waals surface area (Å²) in [7, 11) is 0. The predicted octanol–water partition coefficient (Wildman–Crippen LogP) is -1.60. The molecule has 0 atom stereocenters.